The molecule has 2 aromatic rings. The minimum absolute atomic E-state index is 0.0156. The van der Waals surface area contributed by atoms with E-state index in [1.165, 1.54) is 6.42 Å². The van der Waals surface area contributed by atoms with Crippen LogP contribution in [0.2, 0.25) is 0 Å². The van der Waals surface area contributed by atoms with Crippen LogP contribution in [0.3, 0.4) is 0 Å². The number of hydrogen-bond donors (Lipinski definition) is 1. The lowest BCUT2D eigenvalue weighted by molar-refractivity contribution is -0.123. The molecule has 0 saturated heterocycles. The Balaban J connectivity index is 1.30. The molecular formula is C24H29NO5. The molecule has 6 nitrogen and oxygen atoms in total. The normalized spacial score (nSPS) is 18.4. The molecule has 1 spiro atoms. The topological polar surface area (TPSA) is 77.8 Å². The summed E-state index contributed by atoms with van der Waals surface area (Å²) in [5, 5.41) is 2.94. The number of fused-ring (bicyclic) bond motifs is 1. The van der Waals surface area contributed by atoms with Gasteiger partial charge in [-0.3, -0.25) is 9.59 Å². The molecule has 1 aliphatic heterocycles. The summed E-state index contributed by atoms with van der Waals surface area (Å²) in [4.78, 5) is 24.8. The predicted octanol–water partition coefficient (Wildman–Crippen LogP) is 4.46. The molecule has 1 saturated carbocycles. The van der Waals surface area contributed by atoms with Gasteiger partial charge in [0, 0.05) is 18.5 Å². The fourth-order valence-corrected chi connectivity index (χ4v) is 4.39. The zero-order valence-electron chi connectivity index (χ0n) is 17.4. The van der Waals surface area contributed by atoms with Crippen LogP contribution in [0, 0.1) is 0 Å². The van der Waals surface area contributed by atoms with Crippen LogP contribution < -0.4 is 14.8 Å². The van der Waals surface area contributed by atoms with Crippen molar-refractivity contribution in [2.45, 2.75) is 69.9 Å². The highest BCUT2D eigenvalue weighted by Gasteiger charge is 2.41. The van der Waals surface area contributed by atoms with Crippen LogP contribution in [-0.2, 0) is 11.2 Å². The maximum atomic E-state index is 12.6. The molecular weight excluding hydrogens is 382 g/mol. The highest BCUT2D eigenvalue weighted by molar-refractivity contribution is 6.00. The van der Waals surface area contributed by atoms with Gasteiger partial charge >= 0.3 is 0 Å². The number of rotatable bonds is 7. The molecule has 2 heterocycles. The molecule has 0 bridgehead atoms. The first-order chi connectivity index (χ1) is 14.5. The van der Waals surface area contributed by atoms with Gasteiger partial charge in [-0.1, -0.05) is 6.42 Å². The molecule has 2 aliphatic rings. The number of amides is 1. The molecule has 1 aliphatic carbocycles. The van der Waals surface area contributed by atoms with Crippen LogP contribution >= 0.6 is 0 Å². The standard InChI is InChI=1S/C24H29NO5/c1-17(7-8-18-6-5-13-28-18)25-23(27)16-29-19-9-10-20-21(26)15-24(30-22(20)14-19)11-3-2-4-12-24/h5-6,9-10,13-14,17H,2-4,7-8,11-12,15-16H2,1H3,(H,25,27)/t17-/m0/s1. The van der Waals surface area contributed by atoms with E-state index in [1.54, 1.807) is 24.5 Å². The van der Waals surface area contributed by atoms with Gasteiger partial charge in [-0.25, -0.2) is 0 Å². The molecule has 0 unspecified atom stereocenters. The van der Waals surface area contributed by atoms with Crippen molar-refractivity contribution in [2.24, 2.45) is 0 Å². The van der Waals surface area contributed by atoms with Crippen molar-refractivity contribution in [1.29, 1.82) is 0 Å². The summed E-state index contributed by atoms with van der Waals surface area (Å²) in [5.41, 5.74) is 0.247. The lowest BCUT2D eigenvalue weighted by Gasteiger charge is -2.40. The van der Waals surface area contributed by atoms with Gasteiger partial charge in [0.2, 0.25) is 0 Å². The summed E-state index contributed by atoms with van der Waals surface area (Å²) >= 11 is 0. The van der Waals surface area contributed by atoms with E-state index in [4.69, 9.17) is 13.9 Å². The fraction of sp³-hybridized carbons (Fsp3) is 0.500. The first-order valence-electron chi connectivity index (χ1n) is 10.8. The Labute approximate surface area is 176 Å². The van der Waals surface area contributed by atoms with Gasteiger partial charge < -0.3 is 19.2 Å². The van der Waals surface area contributed by atoms with Crippen molar-refractivity contribution < 1.29 is 23.5 Å². The largest absolute Gasteiger partial charge is 0.486 e. The molecule has 0 radical (unpaired) electrons. The summed E-state index contributed by atoms with van der Waals surface area (Å²) in [7, 11) is 0. The van der Waals surface area contributed by atoms with E-state index < -0.39 is 0 Å². The Morgan fingerprint density at radius 3 is 2.83 bits per heavy atom. The van der Waals surface area contributed by atoms with Gasteiger partial charge in [0.1, 0.15) is 22.9 Å². The quantitative estimate of drug-likeness (QED) is 0.728. The van der Waals surface area contributed by atoms with Crippen LogP contribution in [0.25, 0.3) is 0 Å². The van der Waals surface area contributed by atoms with Gasteiger partial charge in [-0.05, 0) is 63.3 Å². The number of benzene rings is 1. The Kier molecular flexibility index (Phi) is 6.11. The Morgan fingerprint density at radius 2 is 2.07 bits per heavy atom. The molecule has 30 heavy (non-hydrogen) atoms. The zero-order valence-corrected chi connectivity index (χ0v) is 17.4. The summed E-state index contributed by atoms with van der Waals surface area (Å²) in [6.45, 7) is 1.88. The number of aryl methyl sites for hydroxylation is 1. The van der Waals surface area contributed by atoms with Gasteiger partial charge in [0.25, 0.3) is 5.91 Å². The summed E-state index contributed by atoms with van der Waals surface area (Å²) in [6, 6.07) is 9.02. The highest BCUT2D eigenvalue weighted by Crippen LogP contribution is 2.42. The maximum Gasteiger partial charge on any atom is 0.258 e. The highest BCUT2D eigenvalue weighted by atomic mass is 16.5. The molecule has 1 atom stereocenters. The smallest absolute Gasteiger partial charge is 0.258 e. The van der Waals surface area contributed by atoms with Crippen molar-refractivity contribution in [3.63, 3.8) is 0 Å². The summed E-state index contributed by atoms with van der Waals surface area (Å²) < 4.78 is 17.3. The Morgan fingerprint density at radius 1 is 1.23 bits per heavy atom. The summed E-state index contributed by atoms with van der Waals surface area (Å²) in [5.74, 6) is 1.98. The molecule has 160 valence electrons. The molecule has 4 rings (SSSR count). The zero-order chi connectivity index (χ0) is 21.0. The second kappa shape index (κ2) is 8.94. The van der Waals surface area contributed by atoms with E-state index in [-0.39, 0.29) is 29.9 Å². The van der Waals surface area contributed by atoms with E-state index in [1.807, 2.05) is 19.1 Å². The SMILES string of the molecule is C[C@@H](CCc1ccco1)NC(=O)COc1ccc2c(c1)OC1(CCCCC1)CC2=O. The number of carbonyl (C=O) groups excluding carboxylic acids is 2. The van der Waals surface area contributed by atoms with Crippen molar-refractivity contribution in [3.8, 4) is 11.5 Å². The lowest BCUT2D eigenvalue weighted by Crippen LogP contribution is -2.43. The second-order valence-electron chi connectivity index (χ2n) is 8.48. The Bertz CT molecular complexity index is 883. The van der Waals surface area contributed by atoms with Crippen LogP contribution in [-0.4, -0.2) is 29.9 Å². The maximum absolute atomic E-state index is 12.6. The minimum Gasteiger partial charge on any atom is -0.486 e. The molecule has 6 heteroatoms. The van der Waals surface area contributed by atoms with Gasteiger partial charge in [-0.2, -0.15) is 0 Å². The third kappa shape index (κ3) is 4.86. The van der Waals surface area contributed by atoms with E-state index in [0.717, 1.165) is 44.3 Å². The van der Waals surface area contributed by atoms with Gasteiger partial charge in [0.05, 0.1) is 18.2 Å². The predicted molar refractivity (Wildman–Crippen MR) is 112 cm³/mol. The lowest BCUT2D eigenvalue weighted by atomic mass is 9.78. The first-order valence-corrected chi connectivity index (χ1v) is 10.8. The number of hydrogen-bond acceptors (Lipinski definition) is 5. The van der Waals surface area contributed by atoms with Gasteiger partial charge in [-0.15, -0.1) is 0 Å². The monoisotopic (exact) mass is 411 g/mol. The van der Waals surface area contributed by atoms with Gasteiger partial charge in [0.15, 0.2) is 12.4 Å². The van der Waals surface area contributed by atoms with Crippen molar-refractivity contribution in [1.82, 2.24) is 5.32 Å². The van der Waals surface area contributed by atoms with Crippen LogP contribution in [0.4, 0.5) is 0 Å². The van der Waals surface area contributed by atoms with E-state index >= 15 is 0 Å². The average molecular weight is 411 g/mol. The first kappa shape index (κ1) is 20.5. The van der Waals surface area contributed by atoms with Crippen LogP contribution in [0.5, 0.6) is 11.5 Å². The molecule has 1 fully saturated rings. The minimum atomic E-state index is -0.359. The fourth-order valence-electron chi connectivity index (χ4n) is 4.39. The van der Waals surface area contributed by atoms with E-state index in [0.29, 0.717) is 23.5 Å². The number of ketones is 1. The van der Waals surface area contributed by atoms with Crippen molar-refractivity contribution in [3.05, 3.63) is 47.9 Å². The average Bonchev–Trinajstić information content (AvgIpc) is 3.25. The number of nitrogens with one attached hydrogen (secondary N) is 1. The van der Waals surface area contributed by atoms with E-state index in [2.05, 4.69) is 5.32 Å². The molecule has 1 aromatic carbocycles. The second-order valence-corrected chi connectivity index (χ2v) is 8.48. The van der Waals surface area contributed by atoms with Crippen LogP contribution in [0.1, 0.15) is 68.0 Å². The van der Waals surface area contributed by atoms with Crippen molar-refractivity contribution >= 4 is 11.7 Å². The molecule has 1 amide bonds. The third-order valence-electron chi connectivity index (χ3n) is 6.01. The molecule has 1 aromatic heterocycles. The number of Topliss-reactive ketones (excluding diaryl/α,β-unsaturated/α-hetero) is 1. The van der Waals surface area contributed by atoms with E-state index in [9.17, 15) is 9.59 Å². The molecule has 1 N–H and O–H groups in total. The van der Waals surface area contributed by atoms with Crippen molar-refractivity contribution in [2.75, 3.05) is 6.61 Å². The number of furan rings is 1. The summed E-state index contributed by atoms with van der Waals surface area (Å²) in [6.07, 6.45) is 8.89. The third-order valence-corrected chi connectivity index (χ3v) is 6.01. The van der Waals surface area contributed by atoms with Crippen LogP contribution in [0.15, 0.2) is 41.0 Å². The number of ether oxygens (including phenoxy) is 2. The Hall–Kier alpha value is -2.76. The number of carbonyl (C=O) groups is 2.